The van der Waals surface area contributed by atoms with E-state index < -0.39 is 30.0 Å². The largest absolute Gasteiger partial charge is 0.497 e. The van der Waals surface area contributed by atoms with Crippen LogP contribution in [0.4, 0.5) is 18.9 Å². The maximum atomic E-state index is 13.2. The Bertz CT molecular complexity index is 852. The number of rotatable bonds is 5. The minimum Gasteiger partial charge on any atom is -0.497 e. The zero-order valence-corrected chi connectivity index (χ0v) is 14.1. The number of aromatic carboxylic acids is 1. The Hall–Kier alpha value is -2.74. The molecule has 2 rings (SSSR count). The van der Waals surface area contributed by atoms with Gasteiger partial charge in [-0.1, -0.05) is 17.7 Å². The van der Waals surface area contributed by atoms with E-state index in [9.17, 15) is 22.8 Å². The number of carbonyl (C=O) groups is 2. The third-order valence-electron chi connectivity index (χ3n) is 3.46. The van der Waals surface area contributed by atoms with Crippen LogP contribution >= 0.6 is 11.6 Å². The number of nitrogens with one attached hydrogen (secondary N) is 1. The van der Waals surface area contributed by atoms with Crippen LogP contribution < -0.4 is 10.1 Å². The lowest BCUT2D eigenvalue weighted by molar-refractivity contribution is -0.138. The molecule has 2 aromatic carbocycles. The highest BCUT2D eigenvalue weighted by Crippen LogP contribution is 2.34. The fourth-order valence-electron chi connectivity index (χ4n) is 2.25. The summed E-state index contributed by atoms with van der Waals surface area (Å²) >= 11 is 5.79. The minimum absolute atomic E-state index is 0.0255. The van der Waals surface area contributed by atoms with Gasteiger partial charge in [0.15, 0.2) is 0 Å². The molecule has 2 aromatic rings. The second-order valence-electron chi connectivity index (χ2n) is 5.25. The number of methoxy groups -OCH3 is 1. The molecule has 0 unspecified atom stereocenters. The first kappa shape index (κ1) is 19.6. The fraction of sp³-hybridized carbons (Fsp3) is 0.176. The highest BCUT2D eigenvalue weighted by molar-refractivity contribution is 6.33. The molecule has 0 aliphatic heterocycles. The molecule has 0 saturated carbocycles. The predicted octanol–water partition coefficient (Wildman–Crippen LogP) is 4.25. The summed E-state index contributed by atoms with van der Waals surface area (Å²) in [6.45, 7) is 0. The van der Waals surface area contributed by atoms with Crippen LogP contribution in [-0.2, 0) is 17.4 Å². The summed E-state index contributed by atoms with van der Waals surface area (Å²) in [6, 6.07) is 7.02. The van der Waals surface area contributed by atoms with Gasteiger partial charge < -0.3 is 15.2 Å². The number of carboxylic acid groups (broad SMARTS) is 1. The molecule has 2 N–H and O–H groups in total. The molecule has 5 nitrogen and oxygen atoms in total. The molecule has 0 aliphatic carbocycles. The highest BCUT2D eigenvalue weighted by Gasteiger charge is 2.34. The van der Waals surface area contributed by atoms with Crippen molar-refractivity contribution in [3.8, 4) is 5.75 Å². The van der Waals surface area contributed by atoms with Gasteiger partial charge in [-0.15, -0.1) is 0 Å². The maximum Gasteiger partial charge on any atom is 0.416 e. The first-order chi connectivity index (χ1) is 12.1. The summed E-state index contributed by atoms with van der Waals surface area (Å²) in [5.41, 5.74) is -1.17. The summed E-state index contributed by atoms with van der Waals surface area (Å²) in [5.74, 6) is -1.92. The lowest BCUT2D eigenvalue weighted by Crippen LogP contribution is -2.18. The van der Waals surface area contributed by atoms with Gasteiger partial charge in [0.25, 0.3) is 0 Å². The van der Waals surface area contributed by atoms with E-state index in [1.165, 1.54) is 37.4 Å². The topological polar surface area (TPSA) is 75.6 Å². The first-order valence-electron chi connectivity index (χ1n) is 7.18. The molecule has 138 valence electrons. The van der Waals surface area contributed by atoms with Crippen molar-refractivity contribution in [1.29, 1.82) is 0 Å². The van der Waals surface area contributed by atoms with Crippen molar-refractivity contribution in [2.75, 3.05) is 12.4 Å². The van der Waals surface area contributed by atoms with E-state index in [4.69, 9.17) is 21.4 Å². The number of anilines is 1. The monoisotopic (exact) mass is 387 g/mol. The van der Waals surface area contributed by atoms with E-state index in [0.717, 1.165) is 6.07 Å². The summed E-state index contributed by atoms with van der Waals surface area (Å²) < 4.78 is 44.3. The van der Waals surface area contributed by atoms with Crippen LogP contribution in [0.2, 0.25) is 5.02 Å². The molecule has 0 aliphatic rings. The highest BCUT2D eigenvalue weighted by atomic mass is 35.5. The molecule has 9 heteroatoms. The lowest BCUT2D eigenvalue weighted by Gasteiger charge is -2.14. The molecule has 0 radical (unpaired) electrons. The maximum absolute atomic E-state index is 13.2. The average Bonchev–Trinajstić information content (AvgIpc) is 2.53. The molecule has 0 heterocycles. The number of alkyl halides is 3. The molecule has 0 bridgehead atoms. The van der Waals surface area contributed by atoms with Crippen LogP contribution in [0.1, 0.15) is 21.5 Å². The van der Waals surface area contributed by atoms with Crippen molar-refractivity contribution >= 4 is 29.2 Å². The second kappa shape index (κ2) is 7.65. The third kappa shape index (κ3) is 4.66. The normalized spacial score (nSPS) is 11.1. The summed E-state index contributed by atoms with van der Waals surface area (Å²) in [6.07, 6.45) is -5.17. The fourth-order valence-corrected chi connectivity index (χ4v) is 2.51. The zero-order valence-electron chi connectivity index (χ0n) is 13.4. The molecule has 0 fully saturated rings. The van der Waals surface area contributed by atoms with E-state index in [1.807, 2.05) is 0 Å². The van der Waals surface area contributed by atoms with Gasteiger partial charge in [0, 0.05) is 5.69 Å². The van der Waals surface area contributed by atoms with Crippen molar-refractivity contribution in [1.82, 2.24) is 0 Å². The van der Waals surface area contributed by atoms with Crippen LogP contribution in [0, 0.1) is 0 Å². The molecule has 0 aromatic heterocycles. The summed E-state index contributed by atoms with van der Waals surface area (Å²) in [4.78, 5) is 23.0. The number of carboxylic acids is 1. The van der Waals surface area contributed by atoms with E-state index in [2.05, 4.69) is 5.32 Å². The number of halogens is 4. The van der Waals surface area contributed by atoms with Crippen molar-refractivity contribution in [3.05, 3.63) is 58.1 Å². The quantitative estimate of drug-likeness (QED) is 0.804. The lowest BCUT2D eigenvalue weighted by atomic mass is 10.0. The summed E-state index contributed by atoms with van der Waals surface area (Å²) in [7, 11) is 1.24. The molecule has 1 amide bonds. The first-order valence-corrected chi connectivity index (χ1v) is 7.56. The Labute approximate surface area is 151 Å². The Kier molecular flexibility index (Phi) is 5.76. The molecule has 0 saturated heterocycles. The van der Waals surface area contributed by atoms with Gasteiger partial charge in [0.05, 0.1) is 29.7 Å². The van der Waals surface area contributed by atoms with E-state index in [-0.39, 0.29) is 27.6 Å². The number of carbonyl (C=O) groups excluding carboxylic acids is 1. The Morgan fingerprint density at radius 3 is 2.42 bits per heavy atom. The van der Waals surface area contributed by atoms with Crippen molar-refractivity contribution in [3.63, 3.8) is 0 Å². The number of ether oxygens (including phenoxy) is 1. The minimum atomic E-state index is -4.64. The smallest absolute Gasteiger partial charge is 0.416 e. The van der Waals surface area contributed by atoms with Gasteiger partial charge >= 0.3 is 12.1 Å². The molecular weight excluding hydrogens is 375 g/mol. The predicted molar refractivity (Wildman–Crippen MR) is 88.7 cm³/mol. The van der Waals surface area contributed by atoms with Gasteiger partial charge in [-0.2, -0.15) is 13.2 Å². The Morgan fingerprint density at radius 1 is 1.19 bits per heavy atom. The van der Waals surface area contributed by atoms with Gasteiger partial charge in [-0.05, 0) is 35.9 Å². The van der Waals surface area contributed by atoms with Crippen molar-refractivity contribution < 1.29 is 32.6 Å². The SMILES string of the molecule is COc1ccc(CC(=O)Nc2ccc(C(=O)O)c(Cl)c2)c(C(F)(F)F)c1. The Morgan fingerprint density at radius 2 is 1.88 bits per heavy atom. The van der Waals surface area contributed by atoms with Crippen molar-refractivity contribution in [2.24, 2.45) is 0 Å². The third-order valence-corrected chi connectivity index (χ3v) is 3.77. The Balaban J connectivity index is 2.20. The van der Waals surface area contributed by atoms with Gasteiger partial charge in [0.1, 0.15) is 5.75 Å². The van der Waals surface area contributed by atoms with Crippen LogP contribution in [-0.4, -0.2) is 24.1 Å². The second-order valence-corrected chi connectivity index (χ2v) is 5.65. The van der Waals surface area contributed by atoms with Crippen LogP contribution in [0.25, 0.3) is 0 Å². The van der Waals surface area contributed by atoms with E-state index in [0.29, 0.717) is 0 Å². The number of hydrogen-bond donors (Lipinski definition) is 2. The average molecular weight is 388 g/mol. The van der Waals surface area contributed by atoms with Gasteiger partial charge in [-0.25, -0.2) is 4.79 Å². The number of benzene rings is 2. The van der Waals surface area contributed by atoms with E-state index >= 15 is 0 Å². The molecule has 26 heavy (non-hydrogen) atoms. The van der Waals surface area contributed by atoms with Gasteiger partial charge in [0.2, 0.25) is 5.91 Å². The van der Waals surface area contributed by atoms with Crippen molar-refractivity contribution in [2.45, 2.75) is 12.6 Å². The number of amides is 1. The van der Waals surface area contributed by atoms with E-state index in [1.54, 1.807) is 0 Å². The molecule has 0 spiro atoms. The zero-order chi connectivity index (χ0) is 19.5. The number of hydrogen-bond acceptors (Lipinski definition) is 3. The van der Waals surface area contributed by atoms with Crippen LogP contribution in [0.3, 0.4) is 0 Å². The van der Waals surface area contributed by atoms with Crippen LogP contribution in [0.15, 0.2) is 36.4 Å². The standard InChI is InChI=1S/C17H13ClF3NO4/c1-26-11-4-2-9(13(8-11)17(19,20)21)6-15(23)22-10-3-5-12(16(24)25)14(18)7-10/h2-5,7-8H,6H2,1H3,(H,22,23)(H,24,25). The molecule has 0 atom stereocenters. The van der Waals surface area contributed by atoms with Gasteiger partial charge in [-0.3, -0.25) is 4.79 Å². The summed E-state index contributed by atoms with van der Waals surface area (Å²) in [5, 5.41) is 11.2. The van der Waals surface area contributed by atoms with Crippen LogP contribution in [0.5, 0.6) is 5.75 Å². The molecular formula is C17H13ClF3NO4.